The Kier molecular flexibility index (Phi) is 4.35. The van der Waals surface area contributed by atoms with Crippen molar-refractivity contribution in [2.45, 2.75) is 13.0 Å². The Bertz CT molecular complexity index is 660. The summed E-state index contributed by atoms with van der Waals surface area (Å²) in [5.41, 5.74) is 8.30. The number of nitrogens with two attached hydrogens (primary N) is 1. The van der Waals surface area contributed by atoms with E-state index in [1.54, 1.807) is 36.4 Å². The molecule has 4 nitrogen and oxygen atoms in total. The highest BCUT2D eigenvalue weighted by Gasteiger charge is 2.07. The van der Waals surface area contributed by atoms with Gasteiger partial charge in [-0.3, -0.25) is 4.79 Å². The van der Waals surface area contributed by atoms with Crippen molar-refractivity contribution in [3.05, 3.63) is 65.2 Å². The predicted octanol–water partition coefficient (Wildman–Crippen LogP) is 2.43. The summed E-state index contributed by atoms with van der Waals surface area (Å²) in [5, 5.41) is 8.95. The summed E-state index contributed by atoms with van der Waals surface area (Å²) in [6, 6.07) is 16.2. The molecule has 0 saturated heterocycles. The standard InChI is InChI=1S/C16H14N2O2/c17-10-13-5-1-2-6-14(13)11-20-16(19)9-12-4-3-7-15(18)8-12/h1-8H,9,11,18H2. The minimum atomic E-state index is -0.344. The van der Waals surface area contributed by atoms with Gasteiger partial charge in [-0.2, -0.15) is 5.26 Å². The van der Waals surface area contributed by atoms with Crippen LogP contribution in [0.25, 0.3) is 0 Å². The average Bonchev–Trinajstić information content (AvgIpc) is 2.45. The minimum Gasteiger partial charge on any atom is -0.461 e. The maximum Gasteiger partial charge on any atom is 0.310 e. The van der Waals surface area contributed by atoms with Crippen molar-refractivity contribution in [1.82, 2.24) is 0 Å². The highest BCUT2D eigenvalue weighted by molar-refractivity contribution is 5.73. The lowest BCUT2D eigenvalue weighted by Gasteiger charge is -2.06. The number of rotatable bonds is 4. The molecule has 0 amide bonds. The third kappa shape index (κ3) is 3.59. The molecule has 2 rings (SSSR count). The molecule has 0 spiro atoms. The first-order valence-corrected chi connectivity index (χ1v) is 6.17. The zero-order chi connectivity index (χ0) is 14.4. The van der Waals surface area contributed by atoms with Gasteiger partial charge in [0, 0.05) is 11.3 Å². The van der Waals surface area contributed by atoms with Crippen LogP contribution in [0, 0.1) is 11.3 Å². The molecule has 0 fully saturated rings. The van der Waals surface area contributed by atoms with Gasteiger partial charge in [0.15, 0.2) is 0 Å². The second kappa shape index (κ2) is 6.39. The van der Waals surface area contributed by atoms with Crippen LogP contribution >= 0.6 is 0 Å². The summed E-state index contributed by atoms with van der Waals surface area (Å²) in [5.74, 6) is -0.344. The number of benzene rings is 2. The molecule has 0 radical (unpaired) electrons. The maximum atomic E-state index is 11.8. The summed E-state index contributed by atoms with van der Waals surface area (Å²) >= 11 is 0. The van der Waals surface area contributed by atoms with Crippen molar-refractivity contribution in [3.63, 3.8) is 0 Å². The van der Waals surface area contributed by atoms with Crippen molar-refractivity contribution in [3.8, 4) is 6.07 Å². The quantitative estimate of drug-likeness (QED) is 0.681. The van der Waals surface area contributed by atoms with E-state index in [0.717, 1.165) is 5.56 Å². The molecule has 0 unspecified atom stereocenters. The number of ether oxygens (including phenoxy) is 1. The Morgan fingerprint density at radius 1 is 1.20 bits per heavy atom. The van der Waals surface area contributed by atoms with Gasteiger partial charge in [0.05, 0.1) is 18.1 Å². The third-order valence-electron chi connectivity index (χ3n) is 2.83. The lowest BCUT2D eigenvalue weighted by Crippen LogP contribution is -2.08. The topological polar surface area (TPSA) is 76.1 Å². The Labute approximate surface area is 117 Å². The predicted molar refractivity (Wildman–Crippen MR) is 75.5 cm³/mol. The summed E-state index contributed by atoms with van der Waals surface area (Å²) in [6.45, 7) is 0.102. The van der Waals surface area contributed by atoms with Gasteiger partial charge < -0.3 is 10.5 Å². The Hall–Kier alpha value is -2.80. The number of hydrogen-bond donors (Lipinski definition) is 1. The van der Waals surface area contributed by atoms with Crippen LogP contribution in [0.15, 0.2) is 48.5 Å². The zero-order valence-corrected chi connectivity index (χ0v) is 10.9. The smallest absolute Gasteiger partial charge is 0.310 e. The van der Waals surface area contributed by atoms with E-state index >= 15 is 0 Å². The van der Waals surface area contributed by atoms with Crippen molar-refractivity contribution >= 4 is 11.7 Å². The van der Waals surface area contributed by atoms with E-state index in [9.17, 15) is 4.79 Å². The van der Waals surface area contributed by atoms with Gasteiger partial charge in [-0.05, 0) is 23.8 Å². The van der Waals surface area contributed by atoms with E-state index in [4.69, 9.17) is 15.7 Å². The van der Waals surface area contributed by atoms with Crippen LogP contribution in [-0.4, -0.2) is 5.97 Å². The number of esters is 1. The van der Waals surface area contributed by atoms with Gasteiger partial charge in [-0.25, -0.2) is 0 Å². The average molecular weight is 266 g/mol. The summed E-state index contributed by atoms with van der Waals surface area (Å²) in [4.78, 5) is 11.8. The van der Waals surface area contributed by atoms with Crippen molar-refractivity contribution in [2.24, 2.45) is 0 Å². The van der Waals surface area contributed by atoms with Crippen molar-refractivity contribution in [1.29, 1.82) is 5.26 Å². The number of nitrogen functional groups attached to an aromatic ring is 1. The van der Waals surface area contributed by atoms with E-state index in [1.165, 1.54) is 0 Å². The number of hydrogen-bond acceptors (Lipinski definition) is 4. The fourth-order valence-electron chi connectivity index (χ4n) is 1.83. The van der Waals surface area contributed by atoms with Crippen LogP contribution in [0.3, 0.4) is 0 Å². The van der Waals surface area contributed by atoms with E-state index in [0.29, 0.717) is 16.8 Å². The van der Waals surface area contributed by atoms with E-state index in [1.807, 2.05) is 12.1 Å². The first kappa shape index (κ1) is 13.6. The van der Waals surface area contributed by atoms with Gasteiger partial charge in [0.1, 0.15) is 6.61 Å². The van der Waals surface area contributed by atoms with Gasteiger partial charge in [0.2, 0.25) is 0 Å². The molecular formula is C16H14N2O2. The first-order chi connectivity index (χ1) is 9.69. The molecule has 0 heterocycles. The van der Waals surface area contributed by atoms with Gasteiger partial charge in [-0.1, -0.05) is 30.3 Å². The summed E-state index contributed by atoms with van der Waals surface area (Å²) in [6.07, 6.45) is 0.166. The molecular weight excluding hydrogens is 252 g/mol. The van der Waals surface area contributed by atoms with Crippen molar-refractivity contribution < 1.29 is 9.53 Å². The highest BCUT2D eigenvalue weighted by atomic mass is 16.5. The van der Waals surface area contributed by atoms with Crippen LogP contribution in [0.4, 0.5) is 5.69 Å². The molecule has 100 valence electrons. The molecule has 0 atom stereocenters. The molecule has 0 aliphatic carbocycles. The summed E-state index contributed by atoms with van der Waals surface area (Å²) < 4.78 is 5.18. The number of nitriles is 1. The molecule has 0 aliphatic rings. The Morgan fingerprint density at radius 3 is 2.75 bits per heavy atom. The number of nitrogens with zero attached hydrogens (tertiary/aromatic N) is 1. The molecule has 0 aromatic heterocycles. The van der Waals surface area contributed by atoms with Gasteiger partial charge in [-0.15, -0.1) is 0 Å². The highest BCUT2D eigenvalue weighted by Crippen LogP contribution is 2.11. The lowest BCUT2D eigenvalue weighted by atomic mass is 10.1. The second-order valence-electron chi connectivity index (χ2n) is 4.35. The van der Waals surface area contributed by atoms with Gasteiger partial charge in [0.25, 0.3) is 0 Å². The van der Waals surface area contributed by atoms with Crippen LogP contribution in [0.1, 0.15) is 16.7 Å². The molecule has 0 bridgehead atoms. The summed E-state index contributed by atoms with van der Waals surface area (Å²) in [7, 11) is 0. The lowest BCUT2D eigenvalue weighted by molar-refractivity contribution is -0.144. The fourth-order valence-corrected chi connectivity index (χ4v) is 1.83. The largest absolute Gasteiger partial charge is 0.461 e. The Balaban J connectivity index is 1.94. The molecule has 4 heteroatoms. The third-order valence-corrected chi connectivity index (χ3v) is 2.83. The van der Waals surface area contributed by atoms with Crippen molar-refractivity contribution in [2.75, 3.05) is 5.73 Å². The molecule has 2 N–H and O–H groups in total. The van der Waals surface area contributed by atoms with Crippen LogP contribution in [0.2, 0.25) is 0 Å². The molecule has 2 aromatic carbocycles. The fraction of sp³-hybridized carbons (Fsp3) is 0.125. The molecule has 20 heavy (non-hydrogen) atoms. The SMILES string of the molecule is N#Cc1ccccc1COC(=O)Cc1cccc(N)c1. The van der Waals surface area contributed by atoms with E-state index in [-0.39, 0.29) is 19.0 Å². The van der Waals surface area contributed by atoms with Crippen LogP contribution in [-0.2, 0) is 22.6 Å². The maximum absolute atomic E-state index is 11.8. The second-order valence-corrected chi connectivity index (χ2v) is 4.35. The molecule has 0 aliphatic heterocycles. The first-order valence-electron chi connectivity index (χ1n) is 6.17. The zero-order valence-electron chi connectivity index (χ0n) is 10.9. The van der Waals surface area contributed by atoms with E-state index < -0.39 is 0 Å². The van der Waals surface area contributed by atoms with Crippen LogP contribution < -0.4 is 5.73 Å². The molecule has 2 aromatic rings. The Morgan fingerprint density at radius 2 is 2.00 bits per heavy atom. The molecule has 0 saturated carbocycles. The number of carbonyl (C=O) groups is 1. The monoisotopic (exact) mass is 266 g/mol. The van der Waals surface area contributed by atoms with E-state index in [2.05, 4.69) is 6.07 Å². The van der Waals surface area contributed by atoms with Crippen LogP contribution in [0.5, 0.6) is 0 Å². The normalized spacial score (nSPS) is 9.75. The van der Waals surface area contributed by atoms with Gasteiger partial charge >= 0.3 is 5.97 Å². The number of carbonyl (C=O) groups excluding carboxylic acids is 1. The number of anilines is 1. The minimum absolute atomic E-state index is 0.102.